The number of rotatable bonds is 6. The van der Waals surface area contributed by atoms with E-state index in [-0.39, 0.29) is 11.7 Å². The smallest absolute Gasteiger partial charge is 0.325 e. The van der Waals surface area contributed by atoms with E-state index in [4.69, 9.17) is 5.11 Å². The van der Waals surface area contributed by atoms with Crippen molar-refractivity contribution in [3.8, 4) is 0 Å². The van der Waals surface area contributed by atoms with Crippen molar-refractivity contribution >= 4 is 23.6 Å². The molecule has 17 heavy (non-hydrogen) atoms. The number of hydrogen-bond acceptors (Lipinski definition) is 4. The van der Waals surface area contributed by atoms with E-state index in [1.807, 2.05) is 18.2 Å². The summed E-state index contributed by atoms with van der Waals surface area (Å²) in [6, 6.07) is 4.74. The number of carboxylic acids is 1. The van der Waals surface area contributed by atoms with Crippen LogP contribution < -0.4 is 5.32 Å². The van der Waals surface area contributed by atoms with Crippen molar-refractivity contribution in [3.05, 3.63) is 30.1 Å². The Morgan fingerprint density at radius 3 is 2.88 bits per heavy atom. The fourth-order valence-electron chi connectivity index (χ4n) is 1.08. The van der Waals surface area contributed by atoms with Gasteiger partial charge in [0.1, 0.15) is 6.04 Å². The Labute approximate surface area is 104 Å². The molecule has 0 aromatic carbocycles. The summed E-state index contributed by atoms with van der Waals surface area (Å²) in [7, 11) is 0. The number of carbonyl (C=O) groups excluding carboxylic acids is 1. The molecule has 1 atom stereocenters. The van der Waals surface area contributed by atoms with Crippen molar-refractivity contribution in [2.75, 3.05) is 5.75 Å². The molecule has 6 heteroatoms. The zero-order chi connectivity index (χ0) is 12.7. The SMILES string of the molecule is C[C@@H](NC(=O)CSCc1ccccn1)C(=O)O. The van der Waals surface area contributed by atoms with E-state index in [9.17, 15) is 9.59 Å². The molecular formula is C11H14N2O3S. The van der Waals surface area contributed by atoms with Crippen LogP contribution in [0.2, 0.25) is 0 Å². The maximum absolute atomic E-state index is 11.3. The standard InChI is InChI=1S/C11H14N2O3S/c1-8(11(15)16)13-10(14)7-17-6-9-4-2-3-5-12-9/h2-5,8H,6-7H2,1H3,(H,13,14)(H,15,16)/t8-/m1/s1. The minimum atomic E-state index is -1.03. The highest BCUT2D eigenvalue weighted by atomic mass is 32.2. The van der Waals surface area contributed by atoms with Crippen LogP contribution in [0.15, 0.2) is 24.4 Å². The fourth-order valence-corrected chi connectivity index (χ4v) is 1.83. The van der Waals surface area contributed by atoms with Crippen LogP contribution in [0.25, 0.3) is 0 Å². The van der Waals surface area contributed by atoms with Crippen LogP contribution in [0, 0.1) is 0 Å². The molecule has 5 nitrogen and oxygen atoms in total. The predicted octanol–water partition coefficient (Wildman–Crippen LogP) is 0.904. The quantitative estimate of drug-likeness (QED) is 0.788. The fraction of sp³-hybridized carbons (Fsp3) is 0.364. The van der Waals surface area contributed by atoms with Gasteiger partial charge in [0.25, 0.3) is 0 Å². The molecule has 1 aromatic heterocycles. The highest BCUT2D eigenvalue weighted by Gasteiger charge is 2.13. The Balaban J connectivity index is 2.23. The number of pyridine rings is 1. The zero-order valence-electron chi connectivity index (χ0n) is 9.42. The summed E-state index contributed by atoms with van der Waals surface area (Å²) >= 11 is 1.40. The molecule has 2 N–H and O–H groups in total. The third kappa shape index (κ3) is 5.35. The van der Waals surface area contributed by atoms with Gasteiger partial charge in [0.15, 0.2) is 0 Å². The molecular weight excluding hydrogens is 240 g/mol. The van der Waals surface area contributed by atoms with Crippen LogP contribution in [0.5, 0.6) is 0 Å². The van der Waals surface area contributed by atoms with Gasteiger partial charge in [0, 0.05) is 11.9 Å². The van der Waals surface area contributed by atoms with Crippen molar-refractivity contribution in [1.82, 2.24) is 10.3 Å². The zero-order valence-corrected chi connectivity index (χ0v) is 10.2. The number of carbonyl (C=O) groups is 2. The normalized spacial score (nSPS) is 11.8. The monoisotopic (exact) mass is 254 g/mol. The second kappa shape index (κ2) is 6.90. The second-order valence-corrected chi connectivity index (χ2v) is 4.43. The van der Waals surface area contributed by atoms with Gasteiger partial charge in [-0.05, 0) is 19.1 Å². The Morgan fingerprint density at radius 2 is 2.29 bits per heavy atom. The van der Waals surface area contributed by atoms with E-state index in [1.165, 1.54) is 18.7 Å². The number of hydrogen-bond donors (Lipinski definition) is 2. The molecule has 0 saturated carbocycles. The summed E-state index contributed by atoms with van der Waals surface area (Å²) in [5.74, 6) is -0.446. The molecule has 1 heterocycles. The molecule has 1 amide bonds. The second-order valence-electron chi connectivity index (χ2n) is 3.44. The highest BCUT2D eigenvalue weighted by molar-refractivity contribution is 7.99. The first-order valence-corrected chi connectivity index (χ1v) is 6.25. The molecule has 1 aromatic rings. The van der Waals surface area contributed by atoms with Crippen LogP contribution in [-0.2, 0) is 15.3 Å². The molecule has 0 fully saturated rings. The van der Waals surface area contributed by atoms with Gasteiger partial charge in [0.2, 0.25) is 5.91 Å². The van der Waals surface area contributed by atoms with Crippen LogP contribution in [0.3, 0.4) is 0 Å². The third-order valence-electron chi connectivity index (χ3n) is 1.96. The minimum Gasteiger partial charge on any atom is -0.480 e. The van der Waals surface area contributed by atoms with Crippen LogP contribution >= 0.6 is 11.8 Å². The topological polar surface area (TPSA) is 79.3 Å². The van der Waals surface area contributed by atoms with Gasteiger partial charge in [0.05, 0.1) is 11.4 Å². The van der Waals surface area contributed by atoms with Crippen molar-refractivity contribution in [2.45, 2.75) is 18.7 Å². The Morgan fingerprint density at radius 1 is 1.53 bits per heavy atom. The molecule has 0 aliphatic carbocycles. The number of carboxylic acid groups (broad SMARTS) is 1. The number of amides is 1. The lowest BCUT2D eigenvalue weighted by Gasteiger charge is -2.08. The number of aliphatic carboxylic acids is 1. The molecule has 0 spiro atoms. The number of nitrogens with one attached hydrogen (secondary N) is 1. The minimum absolute atomic E-state index is 0.230. The lowest BCUT2D eigenvalue weighted by molar-refractivity contribution is -0.140. The molecule has 0 bridgehead atoms. The summed E-state index contributed by atoms with van der Waals surface area (Å²) in [6.07, 6.45) is 1.70. The van der Waals surface area contributed by atoms with Crippen LogP contribution in [0.4, 0.5) is 0 Å². The van der Waals surface area contributed by atoms with Crippen LogP contribution in [-0.4, -0.2) is 33.8 Å². The van der Waals surface area contributed by atoms with E-state index < -0.39 is 12.0 Å². The average molecular weight is 254 g/mol. The number of thioether (sulfide) groups is 1. The summed E-state index contributed by atoms with van der Waals surface area (Å²) < 4.78 is 0. The number of aromatic nitrogens is 1. The molecule has 0 aliphatic rings. The first-order chi connectivity index (χ1) is 8.09. The van der Waals surface area contributed by atoms with Gasteiger partial charge in [-0.3, -0.25) is 14.6 Å². The first kappa shape index (κ1) is 13.5. The van der Waals surface area contributed by atoms with E-state index in [0.717, 1.165) is 5.69 Å². The lowest BCUT2D eigenvalue weighted by atomic mass is 10.3. The van der Waals surface area contributed by atoms with Crippen molar-refractivity contribution in [3.63, 3.8) is 0 Å². The number of nitrogens with zero attached hydrogens (tertiary/aromatic N) is 1. The van der Waals surface area contributed by atoms with Gasteiger partial charge < -0.3 is 10.4 Å². The Bertz CT molecular complexity index is 384. The van der Waals surface area contributed by atoms with Gasteiger partial charge in [-0.1, -0.05) is 6.07 Å². The van der Waals surface area contributed by atoms with Gasteiger partial charge in [-0.15, -0.1) is 11.8 Å². The molecule has 0 saturated heterocycles. The van der Waals surface area contributed by atoms with Gasteiger partial charge in [-0.25, -0.2) is 0 Å². The third-order valence-corrected chi connectivity index (χ3v) is 2.92. The molecule has 0 unspecified atom stereocenters. The molecule has 0 radical (unpaired) electrons. The van der Waals surface area contributed by atoms with Crippen molar-refractivity contribution < 1.29 is 14.7 Å². The van der Waals surface area contributed by atoms with E-state index in [1.54, 1.807) is 6.20 Å². The molecule has 0 aliphatic heterocycles. The van der Waals surface area contributed by atoms with Crippen molar-refractivity contribution in [2.24, 2.45) is 0 Å². The van der Waals surface area contributed by atoms with E-state index >= 15 is 0 Å². The molecule has 1 rings (SSSR count). The average Bonchev–Trinajstić information content (AvgIpc) is 2.30. The summed E-state index contributed by atoms with van der Waals surface area (Å²) in [4.78, 5) is 25.9. The Hall–Kier alpha value is -1.56. The van der Waals surface area contributed by atoms with Crippen molar-refractivity contribution in [1.29, 1.82) is 0 Å². The van der Waals surface area contributed by atoms with Gasteiger partial charge in [-0.2, -0.15) is 0 Å². The lowest BCUT2D eigenvalue weighted by Crippen LogP contribution is -2.39. The summed E-state index contributed by atoms with van der Waals surface area (Å²) in [6.45, 7) is 1.43. The van der Waals surface area contributed by atoms with Gasteiger partial charge >= 0.3 is 5.97 Å². The maximum Gasteiger partial charge on any atom is 0.325 e. The summed E-state index contributed by atoms with van der Waals surface area (Å²) in [5.41, 5.74) is 0.900. The van der Waals surface area contributed by atoms with E-state index in [0.29, 0.717) is 5.75 Å². The maximum atomic E-state index is 11.3. The first-order valence-electron chi connectivity index (χ1n) is 5.09. The highest BCUT2D eigenvalue weighted by Crippen LogP contribution is 2.08. The predicted molar refractivity (Wildman–Crippen MR) is 65.6 cm³/mol. The van der Waals surface area contributed by atoms with Crippen LogP contribution in [0.1, 0.15) is 12.6 Å². The molecule has 92 valence electrons. The largest absolute Gasteiger partial charge is 0.480 e. The summed E-state index contributed by atoms with van der Waals surface area (Å²) in [5, 5.41) is 11.0. The Kier molecular flexibility index (Phi) is 5.48. The van der Waals surface area contributed by atoms with E-state index in [2.05, 4.69) is 10.3 Å².